The van der Waals surface area contributed by atoms with E-state index in [-0.39, 0.29) is 11.5 Å². The number of hydrogen-bond donors (Lipinski definition) is 0. The lowest BCUT2D eigenvalue weighted by atomic mass is 10.00. The Bertz CT molecular complexity index is 958. The number of halogens is 1. The normalized spacial score (nSPS) is 11.6. The van der Waals surface area contributed by atoms with Gasteiger partial charge < -0.3 is 4.74 Å². The quantitative estimate of drug-likeness (QED) is 0.248. The molecule has 0 saturated heterocycles. The van der Waals surface area contributed by atoms with Crippen LogP contribution in [-0.4, -0.2) is 17.5 Å². The second-order valence-electron chi connectivity index (χ2n) is 6.21. The molecule has 5 heteroatoms. The van der Waals surface area contributed by atoms with Crippen molar-refractivity contribution in [1.29, 1.82) is 0 Å². The van der Waals surface area contributed by atoms with Crippen LogP contribution in [0.1, 0.15) is 27.6 Å². The van der Waals surface area contributed by atoms with E-state index in [0.29, 0.717) is 11.1 Å². The van der Waals surface area contributed by atoms with Crippen molar-refractivity contribution in [3.05, 3.63) is 100 Å². The van der Waals surface area contributed by atoms with Crippen LogP contribution in [0.4, 0.5) is 0 Å². The molecule has 3 rings (SSSR count). The van der Waals surface area contributed by atoms with Crippen molar-refractivity contribution in [2.45, 2.75) is 17.9 Å². The maximum absolute atomic E-state index is 13.0. The fraction of sp³-hybridized carbons (Fsp3) is 0.130. The highest BCUT2D eigenvalue weighted by Crippen LogP contribution is 2.27. The molecule has 0 aliphatic rings. The molecular formula is C23H19BrO3S. The van der Waals surface area contributed by atoms with Crippen molar-refractivity contribution in [3.63, 3.8) is 0 Å². The zero-order valence-corrected chi connectivity index (χ0v) is 17.7. The van der Waals surface area contributed by atoms with Gasteiger partial charge in [0.25, 0.3) is 0 Å². The summed E-state index contributed by atoms with van der Waals surface area (Å²) < 4.78 is 6.61. The summed E-state index contributed by atoms with van der Waals surface area (Å²) in [5.41, 5.74) is 2.25. The topological polar surface area (TPSA) is 43.4 Å². The number of ketones is 1. The Morgan fingerprint density at radius 2 is 1.61 bits per heavy atom. The Morgan fingerprint density at radius 3 is 2.25 bits per heavy atom. The first-order valence-corrected chi connectivity index (χ1v) is 10.5. The third kappa shape index (κ3) is 5.33. The molecule has 0 aromatic heterocycles. The first-order valence-electron chi connectivity index (χ1n) is 8.77. The molecule has 3 aromatic carbocycles. The molecule has 0 saturated carbocycles. The smallest absolute Gasteiger partial charge is 0.317 e. The highest BCUT2D eigenvalue weighted by Gasteiger charge is 2.26. The number of carbonyl (C=O) groups is 2. The molecule has 0 fully saturated rings. The maximum Gasteiger partial charge on any atom is 0.317 e. The lowest BCUT2D eigenvalue weighted by Gasteiger charge is -2.17. The number of ether oxygens (including phenoxy) is 1. The van der Waals surface area contributed by atoms with E-state index in [0.717, 1.165) is 14.9 Å². The molecule has 1 unspecified atom stereocenters. The van der Waals surface area contributed by atoms with Gasteiger partial charge >= 0.3 is 5.97 Å². The molecule has 3 aromatic rings. The molecule has 28 heavy (non-hydrogen) atoms. The number of Topliss-reactive ketones (excluding diaryl/α,β-unsaturated/α-hetero) is 1. The highest BCUT2D eigenvalue weighted by molar-refractivity contribution is 9.10. The number of benzene rings is 3. The van der Waals surface area contributed by atoms with Crippen LogP contribution in [0.5, 0.6) is 0 Å². The molecule has 0 radical (unpaired) electrons. The predicted octanol–water partition coefficient (Wildman–Crippen LogP) is 6.02. The lowest BCUT2D eigenvalue weighted by Crippen LogP contribution is -2.21. The van der Waals surface area contributed by atoms with Gasteiger partial charge in [-0.2, -0.15) is 0 Å². The second kappa shape index (κ2) is 9.71. The molecule has 0 amide bonds. The first kappa shape index (κ1) is 20.4. The van der Waals surface area contributed by atoms with Gasteiger partial charge in [-0.1, -0.05) is 76.6 Å². The standard InChI is InChI=1S/C23H19BrO3S/c1-16-14-19(24)12-13-20(16)28-15-21(25)27-23(18-10-6-3-7-11-18)22(26)17-8-4-2-5-9-17/h2-14,23H,15H2,1H3. The monoisotopic (exact) mass is 454 g/mol. The lowest BCUT2D eigenvalue weighted by molar-refractivity contribution is -0.144. The Labute approximate surface area is 177 Å². The number of esters is 1. The summed E-state index contributed by atoms with van der Waals surface area (Å²) in [6.45, 7) is 1.99. The Hall–Kier alpha value is -2.37. The van der Waals surface area contributed by atoms with Crippen LogP contribution in [-0.2, 0) is 9.53 Å². The van der Waals surface area contributed by atoms with Crippen molar-refractivity contribution < 1.29 is 14.3 Å². The van der Waals surface area contributed by atoms with E-state index in [9.17, 15) is 9.59 Å². The van der Waals surface area contributed by atoms with Crippen molar-refractivity contribution in [2.24, 2.45) is 0 Å². The number of carbonyl (C=O) groups excluding carboxylic acids is 2. The van der Waals surface area contributed by atoms with Gasteiger partial charge in [-0.3, -0.25) is 9.59 Å². The SMILES string of the molecule is Cc1cc(Br)ccc1SCC(=O)OC(C(=O)c1ccccc1)c1ccccc1. The first-order chi connectivity index (χ1) is 13.5. The van der Waals surface area contributed by atoms with Crippen LogP contribution >= 0.6 is 27.7 Å². The molecular weight excluding hydrogens is 436 g/mol. The van der Waals surface area contributed by atoms with E-state index < -0.39 is 12.1 Å². The van der Waals surface area contributed by atoms with Crippen molar-refractivity contribution in [2.75, 3.05) is 5.75 Å². The number of rotatable bonds is 7. The molecule has 3 nitrogen and oxygen atoms in total. The van der Waals surface area contributed by atoms with Crippen LogP contribution < -0.4 is 0 Å². The van der Waals surface area contributed by atoms with Gasteiger partial charge in [0.15, 0.2) is 6.10 Å². The third-order valence-corrected chi connectivity index (χ3v) is 5.77. The van der Waals surface area contributed by atoms with Gasteiger partial charge in [-0.15, -0.1) is 11.8 Å². The number of hydrogen-bond acceptors (Lipinski definition) is 4. The summed E-state index contributed by atoms with van der Waals surface area (Å²) in [6, 6.07) is 23.9. The van der Waals surface area contributed by atoms with Crippen LogP contribution in [0.15, 0.2) is 88.2 Å². The van der Waals surface area contributed by atoms with Gasteiger partial charge in [-0.05, 0) is 30.7 Å². The fourth-order valence-electron chi connectivity index (χ4n) is 2.73. The van der Waals surface area contributed by atoms with E-state index in [1.807, 2.05) is 49.4 Å². The van der Waals surface area contributed by atoms with Crippen molar-refractivity contribution in [1.82, 2.24) is 0 Å². The van der Waals surface area contributed by atoms with Crippen LogP contribution in [0.25, 0.3) is 0 Å². The molecule has 0 bridgehead atoms. The zero-order valence-electron chi connectivity index (χ0n) is 15.3. The van der Waals surface area contributed by atoms with Gasteiger partial charge in [0.1, 0.15) is 0 Å². The third-order valence-electron chi connectivity index (χ3n) is 4.13. The molecule has 0 aliphatic carbocycles. The predicted molar refractivity (Wildman–Crippen MR) is 116 cm³/mol. The number of thioether (sulfide) groups is 1. The molecule has 0 spiro atoms. The van der Waals surface area contributed by atoms with Crippen LogP contribution in [0.2, 0.25) is 0 Å². The maximum atomic E-state index is 13.0. The van der Waals surface area contributed by atoms with Crippen LogP contribution in [0.3, 0.4) is 0 Å². The molecule has 0 heterocycles. The van der Waals surface area contributed by atoms with E-state index in [1.165, 1.54) is 11.8 Å². The van der Waals surface area contributed by atoms with Crippen molar-refractivity contribution >= 4 is 39.4 Å². The highest BCUT2D eigenvalue weighted by atomic mass is 79.9. The van der Waals surface area contributed by atoms with E-state index in [2.05, 4.69) is 15.9 Å². The summed E-state index contributed by atoms with van der Waals surface area (Å²) in [5.74, 6) is -0.524. The summed E-state index contributed by atoms with van der Waals surface area (Å²) in [7, 11) is 0. The second-order valence-corrected chi connectivity index (χ2v) is 8.14. The molecule has 0 aliphatic heterocycles. The van der Waals surface area contributed by atoms with Gasteiger partial charge in [-0.25, -0.2) is 0 Å². The number of aryl methyl sites for hydroxylation is 1. The average Bonchev–Trinajstić information content (AvgIpc) is 2.72. The molecule has 1 atom stereocenters. The van der Waals surface area contributed by atoms with E-state index in [4.69, 9.17) is 4.74 Å². The van der Waals surface area contributed by atoms with Crippen LogP contribution in [0, 0.1) is 6.92 Å². The summed E-state index contributed by atoms with van der Waals surface area (Å²) in [4.78, 5) is 26.5. The van der Waals surface area contributed by atoms with E-state index >= 15 is 0 Å². The van der Waals surface area contributed by atoms with Gasteiger partial charge in [0.05, 0.1) is 5.75 Å². The van der Waals surface area contributed by atoms with Crippen molar-refractivity contribution in [3.8, 4) is 0 Å². The average molecular weight is 455 g/mol. The van der Waals surface area contributed by atoms with E-state index in [1.54, 1.807) is 36.4 Å². The Morgan fingerprint density at radius 1 is 0.964 bits per heavy atom. The Kier molecular flexibility index (Phi) is 7.06. The minimum atomic E-state index is -0.956. The fourth-order valence-corrected chi connectivity index (χ4v) is 4.00. The van der Waals surface area contributed by atoms with Gasteiger partial charge in [0, 0.05) is 20.5 Å². The van der Waals surface area contributed by atoms with Gasteiger partial charge in [0.2, 0.25) is 5.78 Å². The summed E-state index contributed by atoms with van der Waals surface area (Å²) in [6.07, 6.45) is -0.956. The zero-order chi connectivity index (χ0) is 19.9. The summed E-state index contributed by atoms with van der Waals surface area (Å²) in [5, 5.41) is 0. The Balaban J connectivity index is 1.74. The minimum Gasteiger partial charge on any atom is -0.448 e. The molecule has 0 N–H and O–H groups in total. The largest absolute Gasteiger partial charge is 0.448 e. The molecule has 142 valence electrons. The minimum absolute atomic E-state index is 0.133. The summed E-state index contributed by atoms with van der Waals surface area (Å²) >= 11 is 4.84.